The molecule has 21 heavy (non-hydrogen) atoms. The normalized spacial score (nSPS) is 12.0. The SMILES string of the molecule is COc1cc(CC(C)N)cc(C)c1OCc1ccccc1. The van der Waals surface area contributed by atoms with E-state index in [2.05, 4.69) is 6.07 Å². The highest BCUT2D eigenvalue weighted by Crippen LogP contribution is 2.33. The van der Waals surface area contributed by atoms with Gasteiger partial charge in [-0.1, -0.05) is 36.4 Å². The molecule has 0 radical (unpaired) electrons. The Balaban J connectivity index is 2.18. The third-order valence-corrected chi connectivity index (χ3v) is 3.30. The van der Waals surface area contributed by atoms with Gasteiger partial charge in [0.2, 0.25) is 0 Å². The van der Waals surface area contributed by atoms with Gasteiger partial charge in [-0.05, 0) is 43.0 Å². The maximum atomic E-state index is 5.95. The number of aryl methyl sites for hydroxylation is 1. The number of ether oxygens (including phenoxy) is 2. The summed E-state index contributed by atoms with van der Waals surface area (Å²) in [6.07, 6.45) is 0.830. The average Bonchev–Trinajstić information content (AvgIpc) is 2.46. The fourth-order valence-electron chi connectivity index (χ4n) is 2.37. The molecule has 112 valence electrons. The highest BCUT2D eigenvalue weighted by Gasteiger charge is 2.11. The van der Waals surface area contributed by atoms with E-state index in [1.54, 1.807) is 7.11 Å². The minimum atomic E-state index is 0.130. The van der Waals surface area contributed by atoms with Crippen LogP contribution in [0.25, 0.3) is 0 Å². The van der Waals surface area contributed by atoms with Gasteiger partial charge < -0.3 is 15.2 Å². The van der Waals surface area contributed by atoms with Crippen LogP contribution in [0.1, 0.15) is 23.6 Å². The molecule has 0 aliphatic rings. The molecular formula is C18H23NO2. The fraction of sp³-hybridized carbons (Fsp3) is 0.333. The minimum absolute atomic E-state index is 0.130. The van der Waals surface area contributed by atoms with Crippen LogP contribution in [-0.2, 0) is 13.0 Å². The second-order valence-electron chi connectivity index (χ2n) is 5.40. The molecule has 0 spiro atoms. The summed E-state index contributed by atoms with van der Waals surface area (Å²) >= 11 is 0. The summed E-state index contributed by atoms with van der Waals surface area (Å²) in [4.78, 5) is 0. The fourth-order valence-corrected chi connectivity index (χ4v) is 2.37. The number of nitrogens with two attached hydrogens (primary N) is 1. The van der Waals surface area contributed by atoms with Crippen LogP contribution in [0.15, 0.2) is 42.5 Å². The van der Waals surface area contributed by atoms with Gasteiger partial charge in [0.1, 0.15) is 6.61 Å². The summed E-state index contributed by atoms with van der Waals surface area (Å²) in [6.45, 7) is 4.57. The van der Waals surface area contributed by atoms with E-state index in [0.717, 1.165) is 29.0 Å². The maximum absolute atomic E-state index is 5.95. The molecule has 0 amide bonds. The van der Waals surface area contributed by atoms with Crippen molar-refractivity contribution in [3.05, 3.63) is 59.2 Å². The van der Waals surface area contributed by atoms with E-state index < -0.39 is 0 Å². The van der Waals surface area contributed by atoms with Gasteiger partial charge >= 0.3 is 0 Å². The van der Waals surface area contributed by atoms with Crippen LogP contribution in [0.5, 0.6) is 11.5 Å². The molecule has 0 saturated carbocycles. The molecule has 2 N–H and O–H groups in total. The van der Waals surface area contributed by atoms with Crippen molar-refractivity contribution in [2.45, 2.75) is 32.9 Å². The standard InChI is InChI=1S/C18H23NO2/c1-13-9-16(10-14(2)19)11-17(20-3)18(13)21-12-15-7-5-4-6-8-15/h4-9,11,14H,10,12,19H2,1-3H3. The first-order valence-corrected chi connectivity index (χ1v) is 7.20. The zero-order valence-electron chi connectivity index (χ0n) is 12.9. The highest BCUT2D eigenvalue weighted by molar-refractivity contribution is 5.49. The van der Waals surface area contributed by atoms with Gasteiger partial charge in [-0.3, -0.25) is 0 Å². The lowest BCUT2D eigenvalue weighted by molar-refractivity contribution is 0.282. The Morgan fingerprint density at radius 2 is 1.81 bits per heavy atom. The molecule has 0 heterocycles. The number of rotatable bonds is 6. The van der Waals surface area contributed by atoms with Crippen molar-refractivity contribution < 1.29 is 9.47 Å². The zero-order valence-corrected chi connectivity index (χ0v) is 12.9. The quantitative estimate of drug-likeness (QED) is 0.884. The average molecular weight is 285 g/mol. The monoisotopic (exact) mass is 285 g/mol. The van der Waals surface area contributed by atoms with Crippen LogP contribution in [0, 0.1) is 6.92 Å². The van der Waals surface area contributed by atoms with Gasteiger partial charge in [0.15, 0.2) is 11.5 Å². The van der Waals surface area contributed by atoms with Gasteiger partial charge in [-0.2, -0.15) is 0 Å². The van der Waals surface area contributed by atoms with E-state index in [4.69, 9.17) is 15.2 Å². The van der Waals surface area contributed by atoms with E-state index in [1.807, 2.05) is 50.2 Å². The van der Waals surface area contributed by atoms with Gasteiger partial charge in [-0.15, -0.1) is 0 Å². The van der Waals surface area contributed by atoms with Gasteiger partial charge in [0.05, 0.1) is 7.11 Å². The smallest absolute Gasteiger partial charge is 0.164 e. The van der Waals surface area contributed by atoms with Crippen LogP contribution < -0.4 is 15.2 Å². The number of hydrogen-bond acceptors (Lipinski definition) is 3. The summed E-state index contributed by atoms with van der Waals surface area (Å²) < 4.78 is 11.4. The van der Waals surface area contributed by atoms with E-state index in [-0.39, 0.29) is 6.04 Å². The maximum Gasteiger partial charge on any atom is 0.164 e. The first-order valence-electron chi connectivity index (χ1n) is 7.20. The van der Waals surface area contributed by atoms with E-state index in [1.165, 1.54) is 5.56 Å². The van der Waals surface area contributed by atoms with Crippen LogP contribution in [0.3, 0.4) is 0 Å². The van der Waals surface area contributed by atoms with Crippen LogP contribution in [0.4, 0.5) is 0 Å². The zero-order chi connectivity index (χ0) is 15.2. The van der Waals surface area contributed by atoms with E-state index in [0.29, 0.717) is 6.61 Å². The van der Waals surface area contributed by atoms with Crippen molar-refractivity contribution in [1.82, 2.24) is 0 Å². The Morgan fingerprint density at radius 1 is 1.10 bits per heavy atom. The Labute approximate surface area is 126 Å². The Morgan fingerprint density at radius 3 is 2.43 bits per heavy atom. The van der Waals surface area contributed by atoms with Gasteiger partial charge in [-0.25, -0.2) is 0 Å². The largest absolute Gasteiger partial charge is 0.493 e. The second kappa shape index (κ2) is 7.14. The van der Waals surface area contributed by atoms with Crippen molar-refractivity contribution in [2.24, 2.45) is 5.73 Å². The lowest BCUT2D eigenvalue weighted by Gasteiger charge is -2.16. The van der Waals surface area contributed by atoms with Crippen molar-refractivity contribution >= 4 is 0 Å². The molecule has 0 saturated heterocycles. The lowest BCUT2D eigenvalue weighted by Crippen LogP contribution is -2.17. The van der Waals surface area contributed by atoms with Crippen molar-refractivity contribution in [3.8, 4) is 11.5 Å². The van der Waals surface area contributed by atoms with Gasteiger partial charge in [0, 0.05) is 6.04 Å². The molecular weight excluding hydrogens is 262 g/mol. The summed E-state index contributed by atoms with van der Waals surface area (Å²) in [6, 6.07) is 14.4. The van der Waals surface area contributed by atoms with Crippen molar-refractivity contribution in [2.75, 3.05) is 7.11 Å². The molecule has 3 nitrogen and oxygen atoms in total. The van der Waals surface area contributed by atoms with Crippen LogP contribution >= 0.6 is 0 Å². The highest BCUT2D eigenvalue weighted by atomic mass is 16.5. The first kappa shape index (κ1) is 15.4. The molecule has 2 aromatic rings. The van der Waals surface area contributed by atoms with E-state index in [9.17, 15) is 0 Å². The molecule has 2 rings (SSSR count). The van der Waals surface area contributed by atoms with Crippen LogP contribution in [-0.4, -0.2) is 13.2 Å². The third-order valence-electron chi connectivity index (χ3n) is 3.30. The lowest BCUT2D eigenvalue weighted by atomic mass is 10.0. The minimum Gasteiger partial charge on any atom is -0.493 e. The Hall–Kier alpha value is -2.00. The topological polar surface area (TPSA) is 44.5 Å². The number of methoxy groups -OCH3 is 1. The number of hydrogen-bond donors (Lipinski definition) is 1. The summed E-state index contributed by atoms with van der Waals surface area (Å²) in [5.41, 5.74) is 9.25. The molecule has 0 aliphatic heterocycles. The molecule has 2 aromatic carbocycles. The Kier molecular flexibility index (Phi) is 5.23. The second-order valence-corrected chi connectivity index (χ2v) is 5.40. The molecule has 0 aromatic heterocycles. The molecule has 1 atom stereocenters. The van der Waals surface area contributed by atoms with Crippen molar-refractivity contribution in [1.29, 1.82) is 0 Å². The molecule has 0 fully saturated rings. The van der Waals surface area contributed by atoms with E-state index >= 15 is 0 Å². The van der Waals surface area contributed by atoms with Gasteiger partial charge in [0.25, 0.3) is 0 Å². The van der Waals surface area contributed by atoms with Crippen molar-refractivity contribution in [3.63, 3.8) is 0 Å². The molecule has 0 bridgehead atoms. The summed E-state index contributed by atoms with van der Waals surface area (Å²) in [7, 11) is 1.67. The summed E-state index contributed by atoms with van der Waals surface area (Å²) in [5.74, 6) is 1.57. The predicted molar refractivity (Wildman–Crippen MR) is 85.9 cm³/mol. The first-order chi connectivity index (χ1) is 10.1. The third kappa shape index (κ3) is 4.23. The predicted octanol–water partition coefficient (Wildman–Crippen LogP) is 3.47. The number of benzene rings is 2. The molecule has 1 unspecified atom stereocenters. The molecule has 0 aliphatic carbocycles. The Bertz CT molecular complexity index is 579. The van der Waals surface area contributed by atoms with Crippen LogP contribution in [0.2, 0.25) is 0 Å². The summed E-state index contributed by atoms with van der Waals surface area (Å²) in [5, 5.41) is 0. The molecule has 3 heteroatoms.